The molecule has 12 nitrogen and oxygen atoms in total. The van der Waals surface area contributed by atoms with Gasteiger partial charge in [0.05, 0.1) is 30.6 Å². The van der Waals surface area contributed by atoms with Crippen molar-refractivity contribution < 1.29 is 41.4 Å². The number of hydrogen-bond acceptors (Lipinski definition) is 9. The zero-order chi connectivity index (χ0) is 25.8. The molecule has 13 heteroatoms. The number of sulfonamides is 1. The number of benzene rings is 1. The van der Waals surface area contributed by atoms with Gasteiger partial charge in [-0.05, 0) is 51.2 Å². The number of urea groups is 1. The molecule has 3 rings (SSSR count). The Morgan fingerprint density at radius 1 is 1.14 bits per heavy atom. The number of rotatable bonds is 9. The first kappa shape index (κ1) is 25.8. The number of carbonyl (C=O) groups is 3. The van der Waals surface area contributed by atoms with Crippen LogP contribution in [0, 0.1) is 6.92 Å². The van der Waals surface area contributed by atoms with Crippen LogP contribution in [0.1, 0.15) is 34.8 Å². The van der Waals surface area contributed by atoms with Gasteiger partial charge in [0.15, 0.2) is 0 Å². The van der Waals surface area contributed by atoms with E-state index in [-0.39, 0.29) is 34.1 Å². The topological polar surface area (TPSA) is 162 Å². The van der Waals surface area contributed by atoms with E-state index in [9.17, 15) is 22.8 Å². The molecule has 2 aromatic rings. The molecule has 2 heterocycles. The molecule has 0 fully saturated rings. The minimum Gasteiger partial charge on any atom is -0.495 e. The van der Waals surface area contributed by atoms with E-state index in [2.05, 4.69) is 15.4 Å². The summed E-state index contributed by atoms with van der Waals surface area (Å²) in [5.41, 5.74) is -0.0886. The number of carbonyl (C=O) groups excluding carboxylic acids is 3. The summed E-state index contributed by atoms with van der Waals surface area (Å²) in [5, 5.41) is 5.06. The molecule has 1 aliphatic rings. The minimum absolute atomic E-state index is 0.00165. The lowest BCUT2D eigenvalue weighted by Crippen LogP contribution is -2.47. The zero-order valence-corrected chi connectivity index (χ0v) is 20.3. The zero-order valence-electron chi connectivity index (χ0n) is 19.5. The van der Waals surface area contributed by atoms with Gasteiger partial charge in [-0.25, -0.2) is 27.5 Å². The Bertz CT molecular complexity index is 1280. The minimum atomic E-state index is -3.93. The van der Waals surface area contributed by atoms with Gasteiger partial charge in [-0.3, -0.25) is 0 Å². The van der Waals surface area contributed by atoms with Crippen LogP contribution in [0.4, 0.5) is 4.79 Å². The van der Waals surface area contributed by atoms with E-state index in [4.69, 9.17) is 18.6 Å². The van der Waals surface area contributed by atoms with E-state index in [1.807, 2.05) is 0 Å². The summed E-state index contributed by atoms with van der Waals surface area (Å²) in [6.45, 7) is 2.90. The van der Waals surface area contributed by atoms with Crippen LogP contribution in [-0.4, -0.2) is 53.8 Å². The van der Waals surface area contributed by atoms with Gasteiger partial charge < -0.3 is 29.3 Å². The van der Waals surface area contributed by atoms with Gasteiger partial charge in [-0.15, -0.1) is 0 Å². The third-order valence-electron chi connectivity index (χ3n) is 5.00. The summed E-state index contributed by atoms with van der Waals surface area (Å²) >= 11 is 0. The summed E-state index contributed by atoms with van der Waals surface area (Å²) in [5.74, 6) is -0.742. The van der Waals surface area contributed by atoms with E-state index in [1.54, 1.807) is 26.0 Å². The quantitative estimate of drug-likeness (QED) is 0.427. The SMILES string of the molecule is CCOC(=O)C1=C(COC(=O)c2ccc(OC)c(S(=O)(=O)NC)c2)NC(=O)N[C@H]1c1ccc(C)o1. The molecule has 0 aliphatic carbocycles. The summed E-state index contributed by atoms with van der Waals surface area (Å²) in [7, 11) is -1.42. The van der Waals surface area contributed by atoms with Crippen molar-refractivity contribution in [1.82, 2.24) is 15.4 Å². The van der Waals surface area contributed by atoms with Crippen molar-refractivity contribution in [1.29, 1.82) is 0 Å². The van der Waals surface area contributed by atoms with Gasteiger partial charge in [0.1, 0.15) is 34.8 Å². The third kappa shape index (κ3) is 5.63. The smallest absolute Gasteiger partial charge is 0.338 e. The number of esters is 2. The molecule has 1 atom stereocenters. The summed E-state index contributed by atoms with van der Waals surface area (Å²) in [4.78, 5) is 37.5. The van der Waals surface area contributed by atoms with Gasteiger partial charge in [-0.2, -0.15) is 0 Å². The summed E-state index contributed by atoms with van der Waals surface area (Å²) in [6.07, 6.45) is 0. The Morgan fingerprint density at radius 3 is 2.49 bits per heavy atom. The third-order valence-corrected chi connectivity index (χ3v) is 6.44. The van der Waals surface area contributed by atoms with Crippen molar-refractivity contribution >= 4 is 28.0 Å². The van der Waals surface area contributed by atoms with Crippen molar-refractivity contribution in [3.05, 3.63) is 58.7 Å². The van der Waals surface area contributed by atoms with Crippen LogP contribution >= 0.6 is 0 Å². The second-order valence-electron chi connectivity index (χ2n) is 7.24. The molecule has 0 radical (unpaired) electrons. The second kappa shape index (κ2) is 10.6. The fourth-order valence-corrected chi connectivity index (χ4v) is 4.27. The molecule has 0 saturated carbocycles. The maximum absolute atomic E-state index is 12.7. The van der Waals surface area contributed by atoms with Crippen LogP contribution in [0.25, 0.3) is 0 Å². The van der Waals surface area contributed by atoms with Gasteiger partial charge in [0, 0.05) is 0 Å². The first-order chi connectivity index (χ1) is 16.6. The number of ether oxygens (including phenoxy) is 3. The van der Waals surface area contributed by atoms with E-state index in [0.717, 1.165) is 6.07 Å². The molecule has 1 aromatic heterocycles. The molecule has 35 heavy (non-hydrogen) atoms. The lowest BCUT2D eigenvalue weighted by molar-refractivity contribution is -0.139. The highest BCUT2D eigenvalue weighted by Crippen LogP contribution is 2.30. The van der Waals surface area contributed by atoms with Crippen LogP contribution in [0.3, 0.4) is 0 Å². The second-order valence-corrected chi connectivity index (χ2v) is 9.10. The lowest BCUT2D eigenvalue weighted by Gasteiger charge is -2.27. The van der Waals surface area contributed by atoms with Crippen molar-refractivity contribution in [2.24, 2.45) is 0 Å². The first-order valence-electron chi connectivity index (χ1n) is 10.4. The number of nitrogens with one attached hydrogen (secondary N) is 3. The molecule has 0 spiro atoms. The average Bonchev–Trinajstić information content (AvgIpc) is 3.27. The van der Waals surface area contributed by atoms with Crippen molar-refractivity contribution in [2.45, 2.75) is 24.8 Å². The van der Waals surface area contributed by atoms with E-state index in [1.165, 1.54) is 26.3 Å². The van der Waals surface area contributed by atoms with E-state index < -0.39 is 40.6 Å². The molecular weight excluding hydrogens is 482 g/mol. The Morgan fingerprint density at radius 2 is 1.89 bits per heavy atom. The molecule has 0 unspecified atom stereocenters. The van der Waals surface area contributed by atoms with E-state index >= 15 is 0 Å². The van der Waals surface area contributed by atoms with Gasteiger partial charge >= 0.3 is 18.0 Å². The standard InChI is InChI=1S/C22H25N3O9S/c1-5-32-21(27)18-14(24-22(28)25-19(18)16-8-6-12(2)34-16)11-33-20(26)13-7-9-15(31-4)17(10-13)35(29,30)23-3/h6-10,19,23H,5,11H2,1-4H3,(H2,24,25,28)/t19-/m0/s1. The Balaban J connectivity index is 1.93. The molecule has 0 saturated heterocycles. The molecular formula is C22H25N3O9S. The Labute approximate surface area is 201 Å². The van der Waals surface area contributed by atoms with Crippen molar-refractivity contribution in [2.75, 3.05) is 27.4 Å². The maximum Gasteiger partial charge on any atom is 0.338 e. The highest BCUT2D eigenvalue weighted by Gasteiger charge is 2.36. The predicted molar refractivity (Wildman–Crippen MR) is 121 cm³/mol. The van der Waals surface area contributed by atoms with E-state index in [0.29, 0.717) is 11.5 Å². The average molecular weight is 508 g/mol. The highest BCUT2D eigenvalue weighted by molar-refractivity contribution is 7.89. The Hall–Kier alpha value is -3.84. The predicted octanol–water partition coefficient (Wildman–Crippen LogP) is 1.53. The number of hydrogen-bond donors (Lipinski definition) is 3. The largest absolute Gasteiger partial charge is 0.495 e. The van der Waals surface area contributed by atoms with Crippen LogP contribution in [0.15, 0.2) is 50.9 Å². The molecule has 0 bridgehead atoms. The monoisotopic (exact) mass is 507 g/mol. The van der Waals surface area contributed by atoms with Gasteiger partial charge in [0.25, 0.3) is 0 Å². The molecule has 2 amide bonds. The van der Waals surface area contributed by atoms with Crippen molar-refractivity contribution in [3.8, 4) is 5.75 Å². The molecule has 1 aromatic carbocycles. The maximum atomic E-state index is 12.7. The molecule has 3 N–H and O–H groups in total. The lowest BCUT2D eigenvalue weighted by atomic mass is 10.0. The molecule has 1 aliphatic heterocycles. The fraction of sp³-hybridized carbons (Fsp3) is 0.318. The number of furan rings is 1. The number of aryl methyl sites for hydroxylation is 1. The van der Waals surface area contributed by atoms with Crippen LogP contribution < -0.4 is 20.1 Å². The molecule has 188 valence electrons. The highest BCUT2D eigenvalue weighted by atomic mass is 32.2. The summed E-state index contributed by atoms with van der Waals surface area (Å²) < 4.78 is 47.8. The Kier molecular flexibility index (Phi) is 7.82. The van der Waals surface area contributed by atoms with Crippen LogP contribution in [-0.2, 0) is 24.3 Å². The fourth-order valence-electron chi connectivity index (χ4n) is 3.35. The van der Waals surface area contributed by atoms with Crippen molar-refractivity contribution in [3.63, 3.8) is 0 Å². The van der Waals surface area contributed by atoms with Crippen LogP contribution in [0.2, 0.25) is 0 Å². The summed E-state index contributed by atoms with van der Waals surface area (Å²) in [6, 6.07) is 5.40. The van der Waals surface area contributed by atoms with Gasteiger partial charge in [0.2, 0.25) is 10.0 Å². The van der Waals surface area contributed by atoms with Crippen LogP contribution in [0.5, 0.6) is 5.75 Å². The van der Waals surface area contributed by atoms with Gasteiger partial charge in [-0.1, -0.05) is 0 Å². The first-order valence-corrected chi connectivity index (χ1v) is 11.9. The number of amides is 2. The number of methoxy groups -OCH3 is 1. The normalized spacial score (nSPS) is 15.8.